The third-order valence-corrected chi connectivity index (χ3v) is 7.12. The number of aromatic nitrogens is 4. The number of Topliss-reactive ketones (excluding diaryl/α,β-unsaturated/α-hetero) is 1. The van der Waals surface area contributed by atoms with E-state index in [1.807, 2.05) is 24.8 Å². The van der Waals surface area contributed by atoms with Crippen molar-refractivity contribution >= 4 is 33.6 Å². The van der Waals surface area contributed by atoms with Crippen molar-refractivity contribution in [2.24, 2.45) is 12.8 Å². The highest BCUT2D eigenvalue weighted by atomic mass is 32.2. The first-order valence-corrected chi connectivity index (χ1v) is 13.5. The molecule has 198 valence electrons. The van der Waals surface area contributed by atoms with Crippen LogP contribution in [0.3, 0.4) is 0 Å². The maximum atomic E-state index is 13.7. The van der Waals surface area contributed by atoms with Crippen LogP contribution in [0.15, 0.2) is 45.5 Å². The van der Waals surface area contributed by atoms with Gasteiger partial charge in [0.15, 0.2) is 16.9 Å². The summed E-state index contributed by atoms with van der Waals surface area (Å²) in [5, 5.41) is 0. The van der Waals surface area contributed by atoms with Gasteiger partial charge < -0.3 is 15.2 Å². The molecule has 1 atom stereocenters. The Morgan fingerprint density at radius 2 is 1.97 bits per heavy atom. The third-order valence-electron chi connectivity index (χ3n) is 6.50. The summed E-state index contributed by atoms with van der Waals surface area (Å²) in [5.41, 5.74) is 7.17. The van der Waals surface area contributed by atoms with Gasteiger partial charge in [0.2, 0.25) is 5.95 Å². The van der Waals surface area contributed by atoms with Gasteiger partial charge in [-0.2, -0.15) is 4.98 Å². The molecule has 0 saturated carbocycles. The molecule has 1 aliphatic heterocycles. The van der Waals surface area contributed by atoms with Crippen LogP contribution in [0.4, 0.5) is 5.95 Å². The molecular formula is C25H32N6O5S. The molecule has 0 amide bonds. The molecule has 37 heavy (non-hydrogen) atoms. The smallest absolute Gasteiger partial charge is 0.332 e. The quantitative estimate of drug-likeness (QED) is 0.248. The lowest BCUT2D eigenvalue weighted by Gasteiger charge is -2.31. The zero-order valence-corrected chi connectivity index (χ0v) is 22.1. The van der Waals surface area contributed by atoms with Gasteiger partial charge in [-0.25, -0.2) is 13.2 Å². The van der Waals surface area contributed by atoms with Gasteiger partial charge in [-0.05, 0) is 38.3 Å². The fourth-order valence-corrected chi connectivity index (χ4v) is 5.10. The first-order chi connectivity index (χ1) is 17.6. The SMILES string of the molecule is CC(C)=CCn1c(N2CCCC(N)C2)nc2c1c(=O)n(CC(=O)c1cccc(C[SH](=O)=O)c1)c(=O)n2C. The van der Waals surface area contributed by atoms with Gasteiger partial charge in [-0.3, -0.25) is 18.7 Å². The van der Waals surface area contributed by atoms with E-state index in [-0.39, 0.29) is 28.5 Å². The molecule has 1 saturated heterocycles. The lowest BCUT2D eigenvalue weighted by Crippen LogP contribution is -2.44. The molecule has 3 heterocycles. The number of carbonyl (C=O) groups is 1. The van der Waals surface area contributed by atoms with Crippen molar-refractivity contribution in [1.82, 2.24) is 18.7 Å². The molecule has 2 N–H and O–H groups in total. The highest BCUT2D eigenvalue weighted by molar-refractivity contribution is 7.71. The number of benzene rings is 1. The predicted octanol–water partition coefficient (Wildman–Crippen LogP) is 0.785. The number of thiol groups is 1. The maximum absolute atomic E-state index is 13.7. The normalized spacial score (nSPS) is 15.9. The molecule has 1 aromatic carbocycles. The number of rotatable bonds is 8. The van der Waals surface area contributed by atoms with Crippen LogP contribution in [0.25, 0.3) is 11.2 Å². The van der Waals surface area contributed by atoms with E-state index in [0.717, 1.165) is 29.5 Å². The van der Waals surface area contributed by atoms with Crippen molar-refractivity contribution in [2.45, 2.75) is 51.6 Å². The number of hydrogen-bond acceptors (Lipinski definition) is 8. The van der Waals surface area contributed by atoms with E-state index < -0.39 is 34.3 Å². The number of ketones is 1. The van der Waals surface area contributed by atoms with E-state index in [0.29, 0.717) is 24.6 Å². The highest BCUT2D eigenvalue weighted by Gasteiger charge is 2.26. The molecule has 0 spiro atoms. The lowest BCUT2D eigenvalue weighted by atomic mass is 10.1. The summed E-state index contributed by atoms with van der Waals surface area (Å²) in [6.07, 6.45) is 3.77. The van der Waals surface area contributed by atoms with Gasteiger partial charge in [0, 0.05) is 38.3 Å². The number of anilines is 1. The largest absolute Gasteiger partial charge is 0.341 e. The van der Waals surface area contributed by atoms with Crippen LogP contribution in [0.1, 0.15) is 42.6 Å². The second kappa shape index (κ2) is 10.9. The van der Waals surface area contributed by atoms with Crippen LogP contribution in [0.2, 0.25) is 0 Å². The van der Waals surface area contributed by atoms with Crippen molar-refractivity contribution in [3.05, 3.63) is 67.9 Å². The number of nitrogens with zero attached hydrogens (tertiary/aromatic N) is 5. The van der Waals surface area contributed by atoms with Gasteiger partial charge in [0.05, 0.1) is 12.3 Å². The Balaban J connectivity index is 1.83. The van der Waals surface area contributed by atoms with Crippen molar-refractivity contribution < 1.29 is 13.2 Å². The number of carbonyl (C=O) groups excluding carboxylic acids is 1. The minimum atomic E-state index is -2.66. The summed E-state index contributed by atoms with van der Waals surface area (Å²) in [4.78, 5) is 46.7. The van der Waals surface area contributed by atoms with Crippen LogP contribution in [0.5, 0.6) is 0 Å². The number of fused-ring (bicyclic) bond motifs is 1. The Hall–Kier alpha value is -3.51. The van der Waals surface area contributed by atoms with Gasteiger partial charge in [-0.1, -0.05) is 29.8 Å². The first kappa shape index (κ1) is 26.6. The van der Waals surface area contributed by atoms with Crippen molar-refractivity contribution in [3.8, 4) is 0 Å². The minimum absolute atomic E-state index is 0.0147. The molecule has 12 heteroatoms. The zero-order valence-electron chi connectivity index (χ0n) is 21.2. The number of piperidine rings is 1. The van der Waals surface area contributed by atoms with Crippen LogP contribution >= 0.6 is 0 Å². The Morgan fingerprint density at radius 1 is 1.22 bits per heavy atom. The summed E-state index contributed by atoms with van der Waals surface area (Å²) in [6, 6.07) is 6.18. The van der Waals surface area contributed by atoms with E-state index in [4.69, 9.17) is 10.7 Å². The van der Waals surface area contributed by atoms with Crippen molar-refractivity contribution in [2.75, 3.05) is 18.0 Å². The first-order valence-electron chi connectivity index (χ1n) is 12.1. The Morgan fingerprint density at radius 3 is 2.65 bits per heavy atom. The molecule has 4 rings (SSSR count). The van der Waals surface area contributed by atoms with Crippen molar-refractivity contribution in [3.63, 3.8) is 0 Å². The molecule has 3 aromatic rings. The topological polar surface area (TPSA) is 142 Å². The fraction of sp³-hybridized carbons (Fsp3) is 0.440. The molecule has 0 radical (unpaired) electrons. The van der Waals surface area contributed by atoms with E-state index in [1.54, 1.807) is 16.7 Å². The lowest BCUT2D eigenvalue weighted by molar-refractivity contribution is 0.0968. The fourth-order valence-electron chi connectivity index (χ4n) is 4.61. The number of hydrogen-bond donors (Lipinski definition) is 2. The number of nitrogens with two attached hydrogens (primary N) is 1. The summed E-state index contributed by atoms with van der Waals surface area (Å²) in [6.45, 7) is 5.13. The third kappa shape index (κ3) is 5.59. The molecule has 2 aromatic heterocycles. The Kier molecular flexibility index (Phi) is 7.79. The molecule has 1 unspecified atom stereocenters. The van der Waals surface area contributed by atoms with E-state index >= 15 is 0 Å². The average Bonchev–Trinajstić information content (AvgIpc) is 3.23. The molecule has 1 fully saturated rings. The molecule has 0 bridgehead atoms. The second-order valence-electron chi connectivity index (χ2n) is 9.67. The molecule has 11 nitrogen and oxygen atoms in total. The van der Waals surface area contributed by atoms with Gasteiger partial charge >= 0.3 is 5.69 Å². The zero-order chi connectivity index (χ0) is 26.9. The van der Waals surface area contributed by atoms with E-state index in [2.05, 4.69) is 0 Å². The van der Waals surface area contributed by atoms with E-state index in [9.17, 15) is 22.8 Å². The Labute approximate surface area is 215 Å². The second-order valence-corrected chi connectivity index (χ2v) is 10.7. The van der Waals surface area contributed by atoms with Crippen LogP contribution < -0.4 is 21.9 Å². The molecule has 0 aliphatic carbocycles. The van der Waals surface area contributed by atoms with Gasteiger partial charge in [0.25, 0.3) is 5.56 Å². The molecule has 1 aliphatic rings. The average molecular weight is 529 g/mol. The summed E-state index contributed by atoms with van der Waals surface area (Å²) in [7, 11) is -1.13. The highest BCUT2D eigenvalue weighted by Crippen LogP contribution is 2.23. The van der Waals surface area contributed by atoms with E-state index in [1.165, 1.54) is 23.7 Å². The maximum Gasteiger partial charge on any atom is 0.332 e. The van der Waals surface area contributed by atoms with Crippen LogP contribution in [-0.2, 0) is 36.6 Å². The predicted molar refractivity (Wildman–Crippen MR) is 143 cm³/mol. The van der Waals surface area contributed by atoms with Crippen LogP contribution in [0, 0.1) is 0 Å². The number of imidazole rings is 1. The standard InChI is InChI=1S/C25H32N6O5S/c1-16(2)9-11-30-21-22(27-24(30)29-10-5-8-19(26)13-29)28(3)25(34)31(23(21)33)14-20(32)18-7-4-6-17(12-18)15-37(35)36/h4,6-7,9,12,19,37H,5,8,10-11,13-15,26H2,1-3H3. The van der Waals surface area contributed by atoms with Crippen LogP contribution in [-0.4, -0.2) is 52.0 Å². The van der Waals surface area contributed by atoms with Crippen molar-refractivity contribution in [1.29, 1.82) is 0 Å². The minimum Gasteiger partial charge on any atom is -0.341 e. The van der Waals surface area contributed by atoms with Gasteiger partial charge in [-0.15, -0.1) is 0 Å². The summed E-state index contributed by atoms with van der Waals surface area (Å²) in [5.74, 6) is -0.103. The number of aryl methyl sites for hydroxylation is 1. The summed E-state index contributed by atoms with van der Waals surface area (Å²) >= 11 is 0. The monoisotopic (exact) mass is 528 g/mol. The summed E-state index contributed by atoms with van der Waals surface area (Å²) < 4.78 is 26.2. The van der Waals surface area contributed by atoms with Gasteiger partial charge in [0.1, 0.15) is 10.7 Å². The molecular weight excluding hydrogens is 496 g/mol. The number of allylic oxidation sites excluding steroid dienone is 2. The Bertz CT molecular complexity index is 1570.